The maximum atomic E-state index is 5.84. The van der Waals surface area contributed by atoms with Gasteiger partial charge in [-0.05, 0) is 32.4 Å². The van der Waals surface area contributed by atoms with Gasteiger partial charge in [-0.3, -0.25) is 0 Å². The van der Waals surface area contributed by atoms with E-state index in [-0.39, 0.29) is 5.38 Å². The number of rotatable bonds is 5. The van der Waals surface area contributed by atoms with Crippen molar-refractivity contribution in [3.05, 3.63) is 35.4 Å². The Hall–Kier alpha value is -0.530. The van der Waals surface area contributed by atoms with Crippen molar-refractivity contribution in [2.24, 2.45) is 0 Å². The molecule has 1 rings (SSSR count). The van der Waals surface area contributed by atoms with Crippen LogP contribution in [-0.4, -0.2) is 11.9 Å². The van der Waals surface area contributed by atoms with Crippen molar-refractivity contribution in [2.75, 3.05) is 6.54 Å². The minimum absolute atomic E-state index is 0.264. The van der Waals surface area contributed by atoms with Crippen molar-refractivity contribution in [3.63, 3.8) is 0 Å². The Kier molecular flexibility index (Phi) is 4.99. The van der Waals surface area contributed by atoms with Crippen LogP contribution >= 0.6 is 11.6 Å². The molecule has 14 heavy (non-hydrogen) atoms. The zero-order valence-corrected chi connectivity index (χ0v) is 9.64. The summed E-state index contributed by atoms with van der Waals surface area (Å²) >= 11 is 5.84. The first kappa shape index (κ1) is 11.5. The van der Waals surface area contributed by atoms with E-state index in [2.05, 4.69) is 36.5 Å². The minimum Gasteiger partial charge on any atom is -0.313 e. The van der Waals surface area contributed by atoms with Gasteiger partial charge in [-0.15, -0.1) is 11.6 Å². The standard InChI is InChI=1S/C12H18ClN/c1-10-3-5-12(6-4-10)9-14-8-7-11(2)13/h3-6,11,14H,7-9H2,1-2H3. The molecule has 0 saturated carbocycles. The number of alkyl halides is 1. The summed E-state index contributed by atoms with van der Waals surface area (Å²) in [6, 6.07) is 8.60. The van der Waals surface area contributed by atoms with Crippen LogP contribution in [-0.2, 0) is 6.54 Å². The largest absolute Gasteiger partial charge is 0.313 e. The molecule has 0 amide bonds. The van der Waals surface area contributed by atoms with Crippen molar-refractivity contribution in [1.29, 1.82) is 0 Å². The molecule has 1 N–H and O–H groups in total. The first-order chi connectivity index (χ1) is 6.68. The number of hydrogen-bond donors (Lipinski definition) is 1. The second-order valence-electron chi connectivity index (χ2n) is 3.73. The Labute approximate surface area is 91.5 Å². The van der Waals surface area contributed by atoms with Gasteiger partial charge in [0.2, 0.25) is 0 Å². The molecule has 0 saturated heterocycles. The van der Waals surface area contributed by atoms with E-state index in [9.17, 15) is 0 Å². The fourth-order valence-corrected chi connectivity index (χ4v) is 1.35. The smallest absolute Gasteiger partial charge is 0.0319 e. The van der Waals surface area contributed by atoms with Gasteiger partial charge in [0.1, 0.15) is 0 Å². The molecule has 1 atom stereocenters. The van der Waals surface area contributed by atoms with Crippen LogP contribution in [0.3, 0.4) is 0 Å². The van der Waals surface area contributed by atoms with Crippen LogP contribution in [0.1, 0.15) is 24.5 Å². The highest BCUT2D eigenvalue weighted by Gasteiger charge is 1.95. The SMILES string of the molecule is Cc1ccc(CNCCC(C)Cl)cc1. The topological polar surface area (TPSA) is 12.0 Å². The highest BCUT2D eigenvalue weighted by atomic mass is 35.5. The predicted octanol–water partition coefficient (Wildman–Crippen LogP) is 3.10. The predicted molar refractivity (Wildman–Crippen MR) is 62.8 cm³/mol. The monoisotopic (exact) mass is 211 g/mol. The van der Waals surface area contributed by atoms with Crippen molar-refractivity contribution in [3.8, 4) is 0 Å². The quantitative estimate of drug-likeness (QED) is 0.583. The lowest BCUT2D eigenvalue weighted by atomic mass is 10.1. The number of benzene rings is 1. The summed E-state index contributed by atoms with van der Waals surface area (Å²) in [4.78, 5) is 0. The lowest BCUT2D eigenvalue weighted by Crippen LogP contribution is -2.16. The van der Waals surface area contributed by atoms with Crippen molar-refractivity contribution in [2.45, 2.75) is 32.2 Å². The third-order valence-corrected chi connectivity index (χ3v) is 2.39. The Balaban J connectivity index is 2.21. The first-order valence-electron chi connectivity index (χ1n) is 5.09. The summed E-state index contributed by atoms with van der Waals surface area (Å²) in [5, 5.41) is 3.63. The average molecular weight is 212 g/mol. The highest BCUT2D eigenvalue weighted by molar-refractivity contribution is 6.20. The zero-order chi connectivity index (χ0) is 10.4. The molecule has 0 aromatic heterocycles. The zero-order valence-electron chi connectivity index (χ0n) is 8.89. The Morgan fingerprint density at radius 1 is 1.29 bits per heavy atom. The molecule has 1 aromatic rings. The van der Waals surface area contributed by atoms with Gasteiger partial charge >= 0.3 is 0 Å². The van der Waals surface area contributed by atoms with E-state index in [1.54, 1.807) is 0 Å². The number of hydrogen-bond acceptors (Lipinski definition) is 1. The van der Waals surface area contributed by atoms with Gasteiger partial charge in [0.25, 0.3) is 0 Å². The maximum absolute atomic E-state index is 5.84. The molecule has 0 bridgehead atoms. The van der Waals surface area contributed by atoms with Gasteiger partial charge in [0.15, 0.2) is 0 Å². The van der Waals surface area contributed by atoms with E-state index in [0.717, 1.165) is 19.5 Å². The molecule has 0 heterocycles. The molecule has 1 aromatic carbocycles. The lowest BCUT2D eigenvalue weighted by molar-refractivity contribution is 0.645. The summed E-state index contributed by atoms with van der Waals surface area (Å²) in [6.07, 6.45) is 1.02. The molecular formula is C12H18ClN. The fraction of sp³-hybridized carbons (Fsp3) is 0.500. The van der Waals surface area contributed by atoms with Crippen LogP contribution in [0.4, 0.5) is 0 Å². The Morgan fingerprint density at radius 3 is 2.50 bits per heavy atom. The van der Waals surface area contributed by atoms with E-state index < -0.39 is 0 Å². The van der Waals surface area contributed by atoms with E-state index in [1.165, 1.54) is 11.1 Å². The van der Waals surface area contributed by atoms with Gasteiger partial charge in [-0.2, -0.15) is 0 Å². The number of aryl methyl sites for hydroxylation is 1. The van der Waals surface area contributed by atoms with Gasteiger partial charge < -0.3 is 5.32 Å². The van der Waals surface area contributed by atoms with Gasteiger partial charge in [0, 0.05) is 11.9 Å². The van der Waals surface area contributed by atoms with Crippen molar-refractivity contribution >= 4 is 11.6 Å². The van der Waals surface area contributed by atoms with Crippen LogP contribution in [0.2, 0.25) is 0 Å². The molecule has 0 aliphatic carbocycles. The molecular weight excluding hydrogens is 194 g/mol. The normalized spacial score (nSPS) is 12.8. The molecule has 0 radical (unpaired) electrons. The van der Waals surface area contributed by atoms with Gasteiger partial charge in [0.05, 0.1) is 0 Å². The third kappa shape index (κ3) is 4.64. The second kappa shape index (κ2) is 6.05. The van der Waals surface area contributed by atoms with Gasteiger partial charge in [-0.25, -0.2) is 0 Å². The maximum Gasteiger partial charge on any atom is 0.0319 e. The molecule has 0 aliphatic rings. The molecule has 0 fully saturated rings. The molecule has 2 heteroatoms. The summed E-state index contributed by atoms with van der Waals surface area (Å²) in [5.74, 6) is 0. The van der Waals surface area contributed by atoms with E-state index in [0.29, 0.717) is 0 Å². The van der Waals surface area contributed by atoms with Gasteiger partial charge in [-0.1, -0.05) is 29.8 Å². The number of nitrogens with one attached hydrogen (secondary N) is 1. The van der Waals surface area contributed by atoms with E-state index >= 15 is 0 Å². The molecule has 0 aliphatic heterocycles. The summed E-state index contributed by atoms with van der Waals surface area (Å²) in [6.45, 7) is 6.05. The van der Waals surface area contributed by atoms with Crippen LogP contribution < -0.4 is 5.32 Å². The molecule has 0 spiro atoms. The summed E-state index contributed by atoms with van der Waals surface area (Å²) < 4.78 is 0. The first-order valence-corrected chi connectivity index (χ1v) is 5.52. The molecule has 78 valence electrons. The van der Waals surface area contributed by atoms with Crippen LogP contribution in [0.5, 0.6) is 0 Å². The van der Waals surface area contributed by atoms with Crippen LogP contribution in [0.15, 0.2) is 24.3 Å². The second-order valence-corrected chi connectivity index (χ2v) is 4.48. The molecule has 1 nitrogen and oxygen atoms in total. The average Bonchev–Trinajstić information content (AvgIpc) is 2.15. The number of halogens is 1. The van der Waals surface area contributed by atoms with E-state index in [1.807, 2.05) is 6.92 Å². The molecule has 1 unspecified atom stereocenters. The minimum atomic E-state index is 0.264. The summed E-state index contributed by atoms with van der Waals surface area (Å²) in [7, 11) is 0. The fourth-order valence-electron chi connectivity index (χ4n) is 1.24. The highest BCUT2D eigenvalue weighted by Crippen LogP contribution is 2.03. The van der Waals surface area contributed by atoms with Crippen molar-refractivity contribution in [1.82, 2.24) is 5.32 Å². The Bertz CT molecular complexity index is 254. The van der Waals surface area contributed by atoms with Crippen LogP contribution in [0, 0.1) is 6.92 Å². The Morgan fingerprint density at radius 2 is 1.93 bits per heavy atom. The summed E-state index contributed by atoms with van der Waals surface area (Å²) in [5.41, 5.74) is 2.64. The third-order valence-electron chi connectivity index (χ3n) is 2.17. The van der Waals surface area contributed by atoms with E-state index in [4.69, 9.17) is 11.6 Å². The van der Waals surface area contributed by atoms with Crippen molar-refractivity contribution < 1.29 is 0 Å². The van der Waals surface area contributed by atoms with Crippen LogP contribution in [0.25, 0.3) is 0 Å². The lowest BCUT2D eigenvalue weighted by Gasteiger charge is -2.06.